The molecule has 0 amide bonds. The molecule has 2 aromatic carbocycles. The minimum absolute atomic E-state index is 0.103. The zero-order chi connectivity index (χ0) is 17.4. The standard InChI is InChI=1S/C20H24O4/c1-4-12-24-17-7-5-6-16(14-17)18(21)10-8-15-9-11-19(22-2)20(13-15)23-3/h5-7,9,11,13-14H,4,8,10,12H2,1-3H3. The van der Waals surface area contributed by atoms with Crippen LogP contribution in [0.2, 0.25) is 0 Å². The van der Waals surface area contributed by atoms with Gasteiger partial charge in [0.25, 0.3) is 0 Å². The quantitative estimate of drug-likeness (QED) is 0.644. The van der Waals surface area contributed by atoms with Crippen molar-refractivity contribution in [3.8, 4) is 17.2 Å². The van der Waals surface area contributed by atoms with Gasteiger partial charge in [0.1, 0.15) is 5.75 Å². The van der Waals surface area contributed by atoms with Crippen molar-refractivity contribution in [1.29, 1.82) is 0 Å². The second-order valence-electron chi connectivity index (χ2n) is 5.49. The third-order valence-corrected chi connectivity index (χ3v) is 3.72. The first-order chi connectivity index (χ1) is 11.7. The van der Waals surface area contributed by atoms with Gasteiger partial charge in [-0.25, -0.2) is 0 Å². The first-order valence-corrected chi connectivity index (χ1v) is 8.15. The predicted molar refractivity (Wildman–Crippen MR) is 94.4 cm³/mol. The first-order valence-electron chi connectivity index (χ1n) is 8.15. The second-order valence-corrected chi connectivity index (χ2v) is 5.49. The molecule has 0 heterocycles. The van der Waals surface area contributed by atoms with Gasteiger partial charge in [0, 0.05) is 12.0 Å². The maximum absolute atomic E-state index is 12.4. The molecule has 2 rings (SSSR count). The molecule has 0 N–H and O–H groups in total. The Kier molecular flexibility index (Phi) is 6.67. The van der Waals surface area contributed by atoms with E-state index in [1.165, 1.54) is 0 Å². The number of ether oxygens (including phenoxy) is 3. The number of hydrogen-bond donors (Lipinski definition) is 0. The predicted octanol–water partition coefficient (Wildman–Crippen LogP) is 4.31. The summed E-state index contributed by atoms with van der Waals surface area (Å²) in [5, 5.41) is 0. The van der Waals surface area contributed by atoms with E-state index in [0.717, 1.165) is 17.7 Å². The number of aryl methyl sites for hydroxylation is 1. The molecule has 0 radical (unpaired) electrons. The highest BCUT2D eigenvalue weighted by atomic mass is 16.5. The van der Waals surface area contributed by atoms with Crippen molar-refractivity contribution in [2.24, 2.45) is 0 Å². The van der Waals surface area contributed by atoms with Gasteiger partial charge in [-0.05, 0) is 42.7 Å². The molecule has 0 saturated heterocycles. The maximum atomic E-state index is 12.4. The van der Waals surface area contributed by atoms with Crippen molar-refractivity contribution in [3.05, 3.63) is 53.6 Å². The van der Waals surface area contributed by atoms with Crippen LogP contribution in [0.3, 0.4) is 0 Å². The molecule has 2 aromatic rings. The highest BCUT2D eigenvalue weighted by Crippen LogP contribution is 2.28. The number of carbonyl (C=O) groups excluding carboxylic acids is 1. The van der Waals surface area contributed by atoms with Crippen LogP contribution in [0.5, 0.6) is 17.2 Å². The molecule has 0 atom stereocenters. The molecule has 4 heteroatoms. The summed E-state index contributed by atoms with van der Waals surface area (Å²) in [6, 6.07) is 13.1. The average molecular weight is 328 g/mol. The van der Waals surface area contributed by atoms with Crippen molar-refractivity contribution in [1.82, 2.24) is 0 Å². The third-order valence-electron chi connectivity index (χ3n) is 3.72. The summed E-state index contributed by atoms with van der Waals surface area (Å²) in [6.07, 6.45) is 2.03. The molecule has 4 nitrogen and oxygen atoms in total. The largest absolute Gasteiger partial charge is 0.494 e. The van der Waals surface area contributed by atoms with Crippen LogP contribution < -0.4 is 14.2 Å². The molecule has 0 fully saturated rings. The number of Topliss-reactive ketones (excluding diaryl/α,β-unsaturated/α-hetero) is 1. The minimum Gasteiger partial charge on any atom is -0.494 e. The third kappa shape index (κ3) is 4.75. The van der Waals surface area contributed by atoms with Crippen molar-refractivity contribution < 1.29 is 19.0 Å². The van der Waals surface area contributed by atoms with Crippen molar-refractivity contribution in [3.63, 3.8) is 0 Å². The van der Waals surface area contributed by atoms with Gasteiger partial charge in [-0.15, -0.1) is 0 Å². The van der Waals surface area contributed by atoms with Crippen molar-refractivity contribution in [2.75, 3.05) is 20.8 Å². The smallest absolute Gasteiger partial charge is 0.163 e. The van der Waals surface area contributed by atoms with E-state index in [9.17, 15) is 4.79 Å². The van der Waals surface area contributed by atoms with Crippen LogP contribution in [-0.4, -0.2) is 26.6 Å². The van der Waals surface area contributed by atoms with Crippen LogP contribution >= 0.6 is 0 Å². The molecule has 24 heavy (non-hydrogen) atoms. The van der Waals surface area contributed by atoms with Crippen LogP contribution in [0.15, 0.2) is 42.5 Å². The summed E-state index contributed by atoms with van der Waals surface area (Å²) in [7, 11) is 3.21. The van der Waals surface area contributed by atoms with E-state index in [0.29, 0.717) is 36.5 Å². The lowest BCUT2D eigenvalue weighted by atomic mass is 10.0. The molecule has 0 unspecified atom stereocenters. The van der Waals surface area contributed by atoms with Crippen molar-refractivity contribution >= 4 is 5.78 Å². The SMILES string of the molecule is CCCOc1cccc(C(=O)CCc2ccc(OC)c(OC)c2)c1. The summed E-state index contributed by atoms with van der Waals surface area (Å²) < 4.78 is 16.1. The van der Waals surface area contributed by atoms with Gasteiger partial charge in [-0.1, -0.05) is 25.1 Å². The van der Waals surface area contributed by atoms with Gasteiger partial charge in [0.15, 0.2) is 17.3 Å². The van der Waals surface area contributed by atoms with E-state index < -0.39 is 0 Å². The molecule has 0 aliphatic heterocycles. The van der Waals surface area contributed by atoms with Gasteiger partial charge in [-0.2, -0.15) is 0 Å². The van der Waals surface area contributed by atoms with Crippen LogP contribution in [0.25, 0.3) is 0 Å². The molecule has 0 aromatic heterocycles. The lowest BCUT2D eigenvalue weighted by Crippen LogP contribution is -2.03. The summed E-state index contributed by atoms with van der Waals surface area (Å²) in [4.78, 5) is 12.4. The molecule has 0 aliphatic rings. The molecular weight excluding hydrogens is 304 g/mol. The molecule has 0 saturated carbocycles. The van der Waals surface area contributed by atoms with E-state index in [1.54, 1.807) is 14.2 Å². The number of hydrogen-bond acceptors (Lipinski definition) is 4. The van der Waals surface area contributed by atoms with Gasteiger partial charge < -0.3 is 14.2 Å². The minimum atomic E-state index is 0.103. The Morgan fingerprint density at radius 2 is 1.79 bits per heavy atom. The Labute approximate surface area is 143 Å². The fourth-order valence-corrected chi connectivity index (χ4v) is 2.42. The van der Waals surface area contributed by atoms with E-state index in [2.05, 4.69) is 6.92 Å². The second kappa shape index (κ2) is 8.96. The van der Waals surface area contributed by atoms with Crippen LogP contribution in [0.4, 0.5) is 0 Å². The fraction of sp³-hybridized carbons (Fsp3) is 0.350. The molecule has 128 valence electrons. The Bertz CT molecular complexity index is 679. The Morgan fingerprint density at radius 3 is 2.50 bits per heavy atom. The topological polar surface area (TPSA) is 44.8 Å². The molecule has 0 bridgehead atoms. The van der Waals surface area contributed by atoms with Gasteiger partial charge >= 0.3 is 0 Å². The van der Waals surface area contributed by atoms with Gasteiger partial charge in [0.05, 0.1) is 20.8 Å². The zero-order valence-corrected chi connectivity index (χ0v) is 14.5. The summed E-state index contributed by atoms with van der Waals surface area (Å²) >= 11 is 0. The van der Waals surface area contributed by atoms with Crippen LogP contribution in [-0.2, 0) is 6.42 Å². The van der Waals surface area contributed by atoms with E-state index in [4.69, 9.17) is 14.2 Å². The van der Waals surface area contributed by atoms with Crippen molar-refractivity contribution in [2.45, 2.75) is 26.2 Å². The number of carbonyl (C=O) groups is 1. The number of benzene rings is 2. The Hall–Kier alpha value is -2.49. The first kappa shape index (κ1) is 17.9. The van der Waals surface area contributed by atoms with E-state index >= 15 is 0 Å². The monoisotopic (exact) mass is 328 g/mol. The van der Waals surface area contributed by atoms with Crippen LogP contribution in [0.1, 0.15) is 35.7 Å². The lowest BCUT2D eigenvalue weighted by Gasteiger charge is -2.10. The molecular formula is C20H24O4. The van der Waals surface area contributed by atoms with Gasteiger partial charge in [-0.3, -0.25) is 4.79 Å². The average Bonchev–Trinajstić information content (AvgIpc) is 2.64. The Morgan fingerprint density at radius 1 is 1.00 bits per heavy atom. The highest BCUT2D eigenvalue weighted by Gasteiger charge is 2.09. The maximum Gasteiger partial charge on any atom is 0.163 e. The van der Waals surface area contributed by atoms with Gasteiger partial charge in [0.2, 0.25) is 0 Å². The number of methoxy groups -OCH3 is 2. The lowest BCUT2D eigenvalue weighted by molar-refractivity contribution is 0.0982. The highest BCUT2D eigenvalue weighted by molar-refractivity contribution is 5.96. The molecule has 0 spiro atoms. The molecule has 0 aliphatic carbocycles. The van der Waals surface area contributed by atoms with E-state index in [1.807, 2.05) is 42.5 Å². The zero-order valence-electron chi connectivity index (χ0n) is 14.5. The van der Waals surface area contributed by atoms with Crippen LogP contribution in [0, 0.1) is 0 Å². The van der Waals surface area contributed by atoms with E-state index in [-0.39, 0.29) is 5.78 Å². The summed E-state index contributed by atoms with van der Waals surface area (Å²) in [5.41, 5.74) is 1.73. The number of rotatable bonds is 9. The normalized spacial score (nSPS) is 10.3. The fourth-order valence-electron chi connectivity index (χ4n) is 2.42. The summed E-state index contributed by atoms with van der Waals surface area (Å²) in [6.45, 7) is 2.71. The summed E-state index contributed by atoms with van der Waals surface area (Å²) in [5.74, 6) is 2.21. The number of ketones is 1. The Balaban J connectivity index is 2.00.